The van der Waals surface area contributed by atoms with E-state index in [1.807, 2.05) is 0 Å². The van der Waals surface area contributed by atoms with Gasteiger partial charge in [-0.15, -0.1) is 0 Å². The molecule has 0 saturated heterocycles. The van der Waals surface area contributed by atoms with E-state index in [0.717, 1.165) is 29.6 Å². The Morgan fingerprint density at radius 1 is 1.00 bits per heavy atom. The van der Waals surface area contributed by atoms with Gasteiger partial charge in [0.2, 0.25) is 0 Å². The maximum absolute atomic E-state index is 8.93. The molecule has 5 unspecified atom stereocenters. The van der Waals surface area contributed by atoms with Crippen molar-refractivity contribution in [2.45, 2.75) is 65.3 Å². The van der Waals surface area contributed by atoms with Crippen molar-refractivity contribution in [3.8, 4) is 0 Å². The second-order valence-electron chi connectivity index (χ2n) is 9.81. The summed E-state index contributed by atoms with van der Waals surface area (Å²) >= 11 is 0. The van der Waals surface area contributed by atoms with Crippen LogP contribution in [0.3, 0.4) is 0 Å². The van der Waals surface area contributed by atoms with E-state index in [1.54, 1.807) is 0 Å². The minimum atomic E-state index is 0.188. The molecule has 0 N–H and O–H groups in total. The predicted molar refractivity (Wildman–Crippen MR) is 82.4 cm³/mol. The second-order valence-corrected chi connectivity index (χ2v) is 9.81. The molecule has 7 aliphatic carbocycles. The van der Waals surface area contributed by atoms with Gasteiger partial charge in [0.15, 0.2) is 0 Å². The van der Waals surface area contributed by atoms with Crippen LogP contribution < -0.4 is 0 Å². The maximum Gasteiger partial charge on any atom is 0.0402 e. The van der Waals surface area contributed by atoms with Gasteiger partial charge in [-0.2, -0.15) is 0 Å². The number of hydrogen-bond donors (Lipinski definition) is 0. The molecule has 7 saturated carbocycles. The molecule has 0 aliphatic heterocycles. The first-order valence-electron chi connectivity index (χ1n) is 8.97. The molecule has 21 heavy (non-hydrogen) atoms. The van der Waals surface area contributed by atoms with Gasteiger partial charge in [-0.05, 0) is 89.9 Å². The summed E-state index contributed by atoms with van der Waals surface area (Å²) in [7, 11) is 0. The zero-order chi connectivity index (χ0) is 14.6. The molecule has 0 amide bonds. The molecular formula is C18H27N3. The van der Waals surface area contributed by atoms with Gasteiger partial charge in [-0.1, -0.05) is 25.9 Å². The first-order valence-corrected chi connectivity index (χ1v) is 8.97. The summed E-state index contributed by atoms with van der Waals surface area (Å²) in [6, 6.07) is 0.188. The van der Waals surface area contributed by atoms with Crippen LogP contribution in [0.25, 0.3) is 10.4 Å². The molecule has 8 bridgehead atoms. The minimum absolute atomic E-state index is 0.188. The molecule has 5 atom stereocenters. The SMILES string of the molecule is CC(N=[N+]=[N-])C12CC3C4CC5CC(C(C1)C3(C)C5)C4(C)C2. The lowest BCUT2D eigenvalue weighted by Gasteiger charge is -2.80. The number of hydrogen-bond acceptors (Lipinski definition) is 1. The summed E-state index contributed by atoms with van der Waals surface area (Å²) in [5, 5.41) is 4.18. The number of rotatable bonds is 2. The summed E-state index contributed by atoms with van der Waals surface area (Å²) < 4.78 is 0. The topological polar surface area (TPSA) is 48.8 Å². The second kappa shape index (κ2) is 3.45. The van der Waals surface area contributed by atoms with Gasteiger partial charge in [0.25, 0.3) is 0 Å². The fourth-order valence-corrected chi connectivity index (χ4v) is 8.73. The Balaban J connectivity index is 1.66. The molecule has 0 aromatic carbocycles. The van der Waals surface area contributed by atoms with Crippen molar-refractivity contribution in [3.63, 3.8) is 0 Å². The van der Waals surface area contributed by atoms with Gasteiger partial charge >= 0.3 is 0 Å². The van der Waals surface area contributed by atoms with Crippen LogP contribution in [0, 0.1) is 45.8 Å². The molecule has 0 aromatic heterocycles. The third-order valence-electron chi connectivity index (χ3n) is 9.36. The van der Waals surface area contributed by atoms with E-state index in [4.69, 9.17) is 5.53 Å². The zero-order valence-electron chi connectivity index (χ0n) is 13.5. The van der Waals surface area contributed by atoms with Crippen molar-refractivity contribution in [2.24, 2.45) is 50.9 Å². The fraction of sp³-hybridized carbons (Fsp3) is 1.00. The Morgan fingerprint density at radius 2 is 1.62 bits per heavy atom. The lowest BCUT2D eigenvalue weighted by Crippen LogP contribution is -2.73. The Labute approximate surface area is 127 Å². The monoisotopic (exact) mass is 285 g/mol. The van der Waals surface area contributed by atoms with Crippen LogP contribution >= 0.6 is 0 Å². The summed E-state index contributed by atoms with van der Waals surface area (Å²) in [4.78, 5) is 3.16. The predicted octanol–water partition coefficient (Wildman–Crippen LogP) is 5.17. The average molecular weight is 285 g/mol. The quantitative estimate of drug-likeness (QED) is 0.381. The summed E-state index contributed by atoms with van der Waals surface area (Å²) in [6.07, 6.45) is 8.54. The zero-order valence-corrected chi connectivity index (χ0v) is 13.5. The first kappa shape index (κ1) is 12.8. The Bertz CT molecular complexity index is 537. The smallest absolute Gasteiger partial charge is 0.0402 e. The summed E-state index contributed by atoms with van der Waals surface area (Å²) in [5.41, 5.74) is 10.4. The van der Waals surface area contributed by atoms with E-state index < -0.39 is 0 Å². The Morgan fingerprint density at radius 3 is 2.19 bits per heavy atom. The molecule has 7 fully saturated rings. The van der Waals surface area contributed by atoms with Crippen LogP contribution in [0.2, 0.25) is 0 Å². The lowest BCUT2D eigenvalue weighted by molar-refractivity contribution is -0.312. The maximum atomic E-state index is 8.93. The molecular weight excluding hydrogens is 258 g/mol. The standard InChI is InChI=1S/C18H27N3/c1-10(20-21-19)18-7-14-12-4-11-5-13(17(12,3)9-18)15(8-18)16(14,2)6-11/h10-15H,4-9H2,1-3H3. The molecule has 3 nitrogen and oxygen atoms in total. The van der Waals surface area contributed by atoms with Crippen LogP contribution in [0.1, 0.15) is 59.3 Å². The van der Waals surface area contributed by atoms with Crippen LogP contribution in [0.5, 0.6) is 0 Å². The summed E-state index contributed by atoms with van der Waals surface area (Å²) in [5.74, 6) is 4.81. The number of nitrogens with zero attached hydrogens (tertiary/aromatic N) is 3. The molecule has 0 spiro atoms. The molecule has 0 aromatic rings. The highest BCUT2D eigenvalue weighted by Gasteiger charge is 2.75. The van der Waals surface area contributed by atoms with Gasteiger partial charge < -0.3 is 0 Å². The van der Waals surface area contributed by atoms with E-state index >= 15 is 0 Å². The average Bonchev–Trinajstić information content (AvgIpc) is 2.44. The Kier molecular flexibility index (Phi) is 2.11. The van der Waals surface area contributed by atoms with E-state index in [9.17, 15) is 0 Å². The molecule has 3 heteroatoms. The van der Waals surface area contributed by atoms with Crippen LogP contribution in [0.4, 0.5) is 0 Å². The van der Waals surface area contributed by atoms with Crippen LogP contribution in [-0.4, -0.2) is 6.04 Å². The van der Waals surface area contributed by atoms with E-state index in [0.29, 0.717) is 16.2 Å². The van der Waals surface area contributed by atoms with E-state index in [-0.39, 0.29) is 6.04 Å². The highest BCUT2D eigenvalue weighted by atomic mass is 15.2. The largest absolute Gasteiger partial charge is 0.0903 e. The van der Waals surface area contributed by atoms with Crippen molar-refractivity contribution in [3.05, 3.63) is 10.4 Å². The molecule has 114 valence electrons. The highest BCUT2D eigenvalue weighted by molar-refractivity contribution is 5.24. The lowest BCUT2D eigenvalue weighted by atomic mass is 9.25. The van der Waals surface area contributed by atoms with Gasteiger partial charge in [0.1, 0.15) is 0 Å². The van der Waals surface area contributed by atoms with Crippen LogP contribution in [-0.2, 0) is 0 Å². The van der Waals surface area contributed by atoms with Gasteiger partial charge in [0, 0.05) is 11.0 Å². The third kappa shape index (κ3) is 1.20. The van der Waals surface area contributed by atoms with Crippen molar-refractivity contribution >= 4 is 0 Å². The molecule has 7 aliphatic rings. The fourth-order valence-electron chi connectivity index (χ4n) is 8.73. The first-order chi connectivity index (χ1) is 9.93. The third-order valence-corrected chi connectivity index (χ3v) is 9.36. The van der Waals surface area contributed by atoms with Crippen molar-refractivity contribution in [1.82, 2.24) is 0 Å². The van der Waals surface area contributed by atoms with Gasteiger partial charge in [-0.25, -0.2) is 0 Å². The highest BCUT2D eigenvalue weighted by Crippen LogP contribution is 2.82. The summed E-state index contributed by atoms with van der Waals surface area (Å²) in [6.45, 7) is 7.43. The Hall–Kier alpha value is -0.690. The normalized spacial score (nSPS) is 63.7. The molecule has 0 radical (unpaired) electrons. The van der Waals surface area contributed by atoms with Crippen molar-refractivity contribution < 1.29 is 0 Å². The van der Waals surface area contributed by atoms with Crippen molar-refractivity contribution in [1.29, 1.82) is 0 Å². The van der Waals surface area contributed by atoms with E-state index in [1.165, 1.54) is 38.5 Å². The molecule has 7 rings (SSSR count). The number of azide groups is 1. The van der Waals surface area contributed by atoms with Crippen molar-refractivity contribution in [2.75, 3.05) is 0 Å². The van der Waals surface area contributed by atoms with Gasteiger partial charge in [0.05, 0.1) is 0 Å². The molecule has 0 heterocycles. The van der Waals surface area contributed by atoms with Crippen LogP contribution in [0.15, 0.2) is 5.11 Å². The minimum Gasteiger partial charge on any atom is -0.0903 e. The van der Waals surface area contributed by atoms with E-state index in [2.05, 4.69) is 30.8 Å². The van der Waals surface area contributed by atoms with Gasteiger partial charge in [-0.3, -0.25) is 0 Å².